The number of carbonyl (C=O) groups is 2. The zero-order valence-electron chi connectivity index (χ0n) is 19.8. The fourth-order valence-electron chi connectivity index (χ4n) is 4.40. The average Bonchev–Trinajstić information content (AvgIpc) is 3.37. The summed E-state index contributed by atoms with van der Waals surface area (Å²) in [6.45, 7) is 5.82. The van der Waals surface area contributed by atoms with Crippen LogP contribution in [-0.4, -0.2) is 28.9 Å². The van der Waals surface area contributed by atoms with Crippen LogP contribution in [0.25, 0.3) is 16.0 Å². The number of ketones is 1. The molecule has 1 saturated heterocycles. The summed E-state index contributed by atoms with van der Waals surface area (Å²) in [6, 6.07) is 17.8. The first kappa shape index (κ1) is 22.8. The van der Waals surface area contributed by atoms with Gasteiger partial charge in [0.05, 0.1) is 28.9 Å². The molecule has 1 atom stereocenters. The number of aliphatic hydroxyl groups is 1. The van der Waals surface area contributed by atoms with Crippen molar-refractivity contribution in [2.24, 2.45) is 0 Å². The predicted molar refractivity (Wildman–Crippen MR) is 138 cm³/mol. The van der Waals surface area contributed by atoms with E-state index in [2.05, 4.69) is 4.98 Å². The second kappa shape index (κ2) is 8.67. The van der Waals surface area contributed by atoms with Crippen LogP contribution in [0.3, 0.4) is 0 Å². The molecule has 7 heteroatoms. The van der Waals surface area contributed by atoms with E-state index in [1.54, 1.807) is 25.3 Å². The van der Waals surface area contributed by atoms with Gasteiger partial charge >= 0.3 is 5.91 Å². The van der Waals surface area contributed by atoms with Crippen LogP contribution in [0.2, 0.25) is 0 Å². The molecule has 0 unspecified atom stereocenters. The van der Waals surface area contributed by atoms with Crippen molar-refractivity contribution in [2.75, 3.05) is 12.0 Å². The number of aromatic nitrogens is 1. The van der Waals surface area contributed by atoms with Gasteiger partial charge in [0.15, 0.2) is 5.13 Å². The molecule has 1 fully saturated rings. The van der Waals surface area contributed by atoms with Gasteiger partial charge in [-0.05, 0) is 67.8 Å². The summed E-state index contributed by atoms with van der Waals surface area (Å²) in [5, 5.41) is 11.8. The van der Waals surface area contributed by atoms with Gasteiger partial charge in [-0.2, -0.15) is 0 Å². The molecule has 6 nitrogen and oxygen atoms in total. The lowest BCUT2D eigenvalue weighted by atomic mass is 9.94. The summed E-state index contributed by atoms with van der Waals surface area (Å²) >= 11 is 1.35. The molecule has 0 radical (unpaired) electrons. The van der Waals surface area contributed by atoms with Crippen LogP contribution >= 0.6 is 11.3 Å². The summed E-state index contributed by atoms with van der Waals surface area (Å²) in [5.74, 6) is -1.00. The Bertz CT molecular complexity index is 1520. The molecule has 0 spiro atoms. The minimum atomic E-state index is -0.806. The summed E-state index contributed by atoms with van der Waals surface area (Å²) in [4.78, 5) is 32.8. The first-order chi connectivity index (χ1) is 16.8. The number of Topliss-reactive ketones (excluding diaryl/α,β-unsaturated/α-hetero) is 1. The number of aryl methyl sites for hydroxylation is 3. The summed E-state index contributed by atoms with van der Waals surface area (Å²) in [7, 11) is 1.57. The standard InChI is InChI=1S/C28H24N2O4S/c1-15-5-8-18(9-6-15)24-23(25(31)19-10-12-21(34-4)17(3)14-19)26(32)27(33)30(24)28-29-20-11-7-16(2)13-22(20)35-28/h5-14,24,31H,1-4H3/b25-23+/t24-/m0/s1. The molecule has 1 N–H and O–H groups in total. The largest absolute Gasteiger partial charge is 0.507 e. The number of benzene rings is 3. The number of ether oxygens (including phenoxy) is 1. The number of carbonyl (C=O) groups excluding carboxylic acids is 2. The number of methoxy groups -OCH3 is 1. The fraction of sp³-hybridized carbons (Fsp3) is 0.179. The topological polar surface area (TPSA) is 79.7 Å². The highest BCUT2D eigenvalue weighted by Gasteiger charge is 2.48. The number of hydrogen-bond acceptors (Lipinski definition) is 6. The summed E-state index contributed by atoms with van der Waals surface area (Å²) < 4.78 is 6.25. The third kappa shape index (κ3) is 3.88. The number of fused-ring (bicyclic) bond motifs is 1. The molecular weight excluding hydrogens is 460 g/mol. The van der Waals surface area contributed by atoms with E-state index in [0.717, 1.165) is 32.5 Å². The maximum absolute atomic E-state index is 13.4. The maximum Gasteiger partial charge on any atom is 0.301 e. The van der Waals surface area contributed by atoms with Gasteiger partial charge in [0.25, 0.3) is 5.78 Å². The Morgan fingerprint density at radius 3 is 2.37 bits per heavy atom. The third-order valence-corrected chi connectivity index (χ3v) is 7.26. The molecule has 176 valence electrons. The molecule has 35 heavy (non-hydrogen) atoms. The molecule has 0 bridgehead atoms. The highest BCUT2D eigenvalue weighted by molar-refractivity contribution is 7.22. The fourth-order valence-corrected chi connectivity index (χ4v) is 5.49. The first-order valence-corrected chi connectivity index (χ1v) is 12.0. The Kier molecular flexibility index (Phi) is 5.65. The Balaban J connectivity index is 1.72. The van der Waals surface area contributed by atoms with Gasteiger partial charge in [-0.25, -0.2) is 4.98 Å². The number of aliphatic hydroxyl groups excluding tert-OH is 1. The number of anilines is 1. The molecule has 3 aromatic carbocycles. The van der Waals surface area contributed by atoms with Crippen molar-refractivity contribution in [1.29, 1.82) is 0 Å². The highest BCUT2D eigenvalue weighted by Crippen LogP contribution is 2.44. The lowest BCUT2D eigenvalue weighted by molar-refractivity contribution is -0.132. The van der Waals surface area contributed by atoms with Crippen molar-refractivity contribution in [3.8, 4) is 5.75 Å². The van der Waals surface area contributed by atoms with Crippen molar-refractivity contribution < 1.29 is 19.4 Å². The molecule has 1 amide bonds. The zero-order chi connectivity index (χ0) is 24.9. The number of hydrogen-bond donors (Lipinski definition) is 1. The lowest BCUT2D eigenvalue weighted by Gasteiger charge is -2.23. The van der Waals surface area contributed by atoms with E-state index in [9.17, 15) is 14.7 Å². The van der Waals surface area contributed by atoms with Crippen LogP contribution in [0.15, 0.2) is 66.2 Å². The summed E-state index contributed by atoms with van der Waals surface area (Å²) in [5.41, 5.74) is 4.89. The van der Waals surface area contributed by atoms with Crippen molar-refractivity contribution >= 4 is 44.1 Å². The Labute approximate surface area is 207 Å². The minimum Gasteiger partial charge on any atom is -0.507 e. The third-order valence-electron chi connectivity index (χ3n) is 6.24. The van der Waals surface area contributed by atoms with Crippen LogP contribution in [-0.2, 0) is 9.59 Å². The molecule has 4 aromatic rings. The van der Waals surface area contributed by atoms with Gasteiger partial charge < -0.3 is 9.84 Å². The Morgan fingerprint density at radius 1 is 0.971 bits per heavy atom. The second-order valence-corrected chi connectivity index (χ2v) is 9.74. The van der Waals surface area contributed by atoms with Crippen LogP contribution in [0.5, 0.6) is 5.75 Å². The normalized spacial score (nSPS) is 17.4. The number of rotatable bonds is 4. The molecule has 2 heterocycles. The molecule has 0 saturated carbocycles. The smallest absolute Gasteiger partial charge is 0.301 e. The Hall–Kier alpha value is -3.97. The van der Waals surface area contributed by atoms with E-state index in [-0.39, 0.29) is 11.3 Å². The monoisotopic (exact) mass is 484 g/mol. The van der Waals surface area contributed by atoms with Gasteiger partial charge in [-0.3, -0.25) is 14.5 Å². The number of thiazole rings is 1. The van der Waals surface area contributed by atoms with Crippen molar-refractivity contribution in [3.63, 3.8) is 0 Å². The Morgan fingerprint density at radius 2 is 1.69 bits per heavy atom. The van der Waals surface area contributed by atoms with Crippen LogP contribution in [0, 0.1) is 20.8 Å². The predicted octanol–water partition coefficient (Wildman–Crippen LogP) is 5.86. The van der Waals surface area contributed by atoms with Crippen LogP contribution in [0.4, 0.5) is 5.13 Å². The lowest BCUT2D eigenvalue weighted by Crippen LogP contribution is -2.29. The highest BCUT2D eigenvalue weighted by atomic mass is 32.1. The SMILES string of the molecule is COc1ccc(/C(O)=C2\C(=O)C(=O)N(c3nc4ccc(C)cc4s3)[C@H]2c2ccc(C)cc2)cc1C. The van der Waals surface area contributed by atoms with Crippen molar-refractivity contribution in [1.82, 2.24) is 4.98 Å². The van der Waals surface area contributed by atoms with E-state index >= 15 is 0 Å². The number of amides is 1. The quantitative estimate of drug-likeness (QED) is 0.223. The van der Waals surface area contributed by atoms with E-state index in [0.29, 0.717) is 16.4 Å². The average molecular weight is 485 g/mol. The molecule has 0 aliphatic carbocycles. The van der Waals surface area contributed by atoms with E-state index < -0.39 is 17.7 Å². The zero-order valence-corrected chi connectivity index (χ0v) is 20.6. The maximum atomic E-state index is 13.4. The van der Waals surface area contributed by atoms with Crippen molar-refractivity contribution in [3.05, 3.63) is 94.1 Å². The molecule has 1 aliphatic heterocycles. The molecular formula is C28H24N2O4S. The van der Waals surface area contributed by atoms with Gasteiger partial charge in [-0.1, -0.05) is 47.2 Å². The van der Waals surface area contributed by atoms with Crippen LogP contribution < -0.4 is 9.64 Å². The van der Waals surface area contributed by atoms with Crippen molar-refractivity contribution in [2.45, 2.75) is 26.8 Å². The van der Waals surface area contributed by atoms with E-state index in [1.165, 1.54) is 16.2 Å². The van der Waals surface area contributed by atoms with E-state index in [1.807, 2.05) is 63.2 Å². The molecule has 1 aliphatic rings. The minimum absolute atomic E-state index is 0.0406. The molecule has 5 rings (SSSR count). The first-order valence-electron chi connectivity index (χ1n) is 11.2. The number of nitrogens with zero attached hydrogens (tertiary/aromatic N) is 2. The summed E-state index contributed by atoms with van der Waals surface area (Å²) in [6.07, 6.45) is 0. The molecule has 1 aromatic heterocycles. The van der Waals surface area contributed by atoms with Crippen LogP contribution in [0.1, 0.15) is 33.9 Å². The second-order valence-electron chi connectivity index (χ2n) is 8.73. The van der Waals surface area contributed by atoms with Gasteiger partial charge in [-0.15, -0.1) is 0 Å². The van der Waals surface area contributed by atoms with E-state index in [4.69, 9.17) is 4.74 Å². The van der Waals surface area contributed by atoms with Gasteiger partial charge in [0.2, 0.25) is 0 Å². The van der Waals surface area contributed by atoms with Gasteiger partial charge in [0, 0.05) is 5.56 Å². The van der Waals surface area contributed by atoms with Gasteiger partial charge in [0.1, 0.15) is 11.5 Å².